The van der Waals surface area contributed by atoms with Crippen LogP contribution in [0, 0.1) is 25.2 Å². The van der Waals surface area contributed by atoms with Crippen LogP contribution >= 0.6 is 11.8 Å². The predicted molar refractivity (Wildman–Crippen MR) is 167 cm³/mol. The number of hydrogen-bond acceptors (Lipinski definition) is 7. The van der Waals surface area contributed by atoms with E-state index in [1.54, 1.807) is 11.8 Å². The molecule has 0 saturated carbocycles. The summed E-state index contributed by atoms with van der Waals surface area (Å²) >= 11 is 1.76. The van der Waals surface area contributed by atoms with Crippen molar-refractivity contribution in [2.45, 2.75) is 45.5 Å². The monoisotopic (exact) mass is 619 g/mol. The molecule has 228 valence electrons. The fourth-order valence-corrected chi connectivity index (χ4v) is 6.29. The lowest BCUT2D eigenvalue weighted by atomic mass is 9.99. The Morgan fingerprint density at radius 1 is 1.09 bits per heavy atom. The molecular weight excluding hydrogens is 587 g/mol. The zero-order valence-electron chi connectivity index (χ0n) is 24.5. The van der Waals surface area contributed by atoms with Crippen LogP contribution in [0.15, 0.2) is 78.0 Å². The summed E-state index contributed by atoms with van der Waals surface area (Å²) in [5, 5.41) is 18.6. The largest absolute Gasteiger partial charge is 0.573 e. The second-order valence-corrected chi connectivity index (χ2v) is 11.6. The number of aryl methyl sites for hydroxylation is 2. The van der Waals surface area contributed by atoms with Gasteiger partial charge in [-0.05, 0) is 68.1 Å². The smallest absolute Gasteiger partial charge is 0.406 e. The molecule has 0 radical (unpaired) electrons. The van der Waals surface area contributed by atoms with Crippen molar-refractivity contribution in [1.82, 2.24) is 20.1 Å². The quantitative estimate of drug-likeness (QED) is 0.202. The Morgan fingerprint density at radius 3 is 2.45 bits per heavy atom. The fraction of sp³-hybridized carbons (Fsp3) is 0.312. The Balaban J connectivity index is 1.20. The first-order chi connectivity index (χ1) is 21.1. The van der Waals surface area contributed by atoms with Crippen molar-refractivity contribution in [3.8, 4) is 28.9 Å². The van der Waals surface area contributed by atoms with E-state index in [9.17, 15) is 18.4 Å². The van der Waals surface area contributed by atoms with Crippen LogP contribution in [0.4, 0.5) is 18.9 Å². The molecule has 12 heteroatoms. The molecule has 5 rings (SSSR count). The van der Waals surface area contributed by atoms with E-state index in [1.165, 1.54) is 52.1 Å². The number of nitriles is 1. The van der Waals surface area contributed by atoms with Gasteiger partial charge in [0, 0.05) is 29.6 Å². The number of nitrogens with zero attached hydrogens (tertiary/aromatic N) is 6. The minimum atomic E-state index is -4.75. The number of para-hydroxylation sites is 1. The lowest BCUT2D eigenvalue weighted by Gasteiger charge is -2.37. The van der Waals surface area contributed by atoms with Gasteiger partial charge in [-0.1, -0.05) is 54.2 Å². The van der Waals surface area contributed by atoms with Gasteiger partial charge in [0.1, 0.15) is 12.1 Å². The average molecular weight is 620 g/mol. The maximum atomic E-state index is 12.4. The molecule has 2 heterocycles. The third-order valence-corrected chi connectivity index (χ3v) is 8.35. The number of anilines is 1. The second-order valence-electron chi connectivity index (χ2n) is 10.5. The van der Waals surface area contributed by atoms with Gasteiger partial charge in [-0.2, -0.15) is 5.26 Å². The topological polar surface area (TPSA) is 91.4 Å². The van der Waals surface area contributed by atoms with Crippen molar-refractivity contribution >= 4 is 22.6 Å². The van der Waals surface area contributed by atoms with Crippen LogP contribution < -0.4 is 15.0 Å². The number of thioether (sulfide) groups is 1. The van der Waals surface area contributed by atoms with Crippen molar-refractivity contribution in [2.24, 2.45) is 4.99 Å². The van der Waals surface area contributed by atoms with Gasteiger partial charge in [0.2, 0.25) is 0 Å². The van der Waals surface area contributed by atoms with Crippen molar-refractivity contribution < 1.29 is 17.9 Å². The second kappa shape index (κ2) is 13.5. The molecule has 44 heavy (non-hydrogen) atoms. The van der Waals surface area contributed by atoms with Crippen LogP contribution in [0.2, 0.25) is 0 Å². The van der Waals surface area contributed by atoms with E-state index in [0.717, 1.165) is 28.5 Å². The lowest BCUT2D eigenvalue weighted by molar-refractivity contribution is -0.274. The van der Waals surface area contributed by atoms with Crippen molar-refractivity contribution in [3.05, 3.63) is 89.7 Å². The van der Waals surface area contributed by atoms with Crippen LogP contribution in [0.25, 0.3) is 17.1 Å². The summed E-state index contributed by atoms with van der Waals surface area (Å²) in [6.45, 7) is 7.34. The lowest BCUT2D eigenvalue weighted by Crippen LogP contribution is -2.42. The number of hydrogen-bond donors (Lipinski definition) is 1. The first-order valence-electron chi connectivity index (χ1n) is 14.1. The van der Waals surface area contributed by atoms with Gasteiger partial charge in [0.25, 0.3) is 0 Å². The third kappa shape index (κ3) is 7.41. The molecule has 1 fully saturated rings. The van der Waals surface area contributed by atoms with E-state index >= 15 is 0 Å². The van der Waals surface area contributed by atoms with Gasteiger partial charge in [-0.25, -0.2) is 14.7 Å². The van der Waals surface area contributed by atoms with Gasteiger partial charge in [0.05, 0.1) is 24.3 Å². The highest BCUT2D eigenvalue weighted by Crippen LogP contribution is 2.34. The van der Waals surface area contributed by atoms with E-state index in [0.29, 0.717) is 30.8 Å². The summed E-state index contributed by atoms with van der Waals surface area (Å²) in [7, 11) is 0. The Bertz CT molecular complexity index is 1630. The molecule has 0 amide bonds. The summed E-state index contributed by atoms with van der Waals surface area (Å²) in [4.78, 5) is 11.6. The SMILES string of the molecule is Cc1cccc(C)c1N1C(=NCNCC(C#N)c2ccc(-c3ncn(-c4ccc(OC(F)(F)F)cc4)n3)cc2)SCCC1C. The van der Waals surface area contributed by atoms with E-state index < -0.39 is 6.36 Å². The minimum absolute atomic E-state index is 0.312. The number of aliphatic imine (C=N–C) groups is 1. The zero-order chi connectivity index (χ0) is 31.3. The standard InChI is InChI=1S/C32H32F3N7OS/c1-21-5-4-6-22(2)29(21)42-23(3)15-16-44-31(42)38-19-37-18-26(17-36)24-7-9-25(10-8-24)30-39-20-41(40-30)27-11-13-28(14-12-27)43-32(33,34)35/h4-14,20,23,26,37H,15-16,18-19H2,1-3H3. The van der Waals surface area contributed by atoms with Crippen LogP contribution in [-0.4, -0.2) is 51.3 Å². The molecule has 8 nitrogen and oxygen atoms in total. The van der Waals surface area contributed by atoms with Crippen LogP contribution in [0.5, 0.6) is 5.75 Å². The molecule has 1 aliphatic heterocycles. The van der Waals surface area contributed by atoms with Gasteiger partial charge < -0.3 is 9.64 Å². The van der Waals surface area contributed by atoms with E-state index in [-0.39, 0.29) is 11.7 Å². The first kappa shape index (κ1) is 31.1. The Hall–Kier alpha value is -4.34. The van der Waals surface area contributed by atoms with Gasteiger partial charge in [-0.3, -0.25) is 5.32 Å². The minimum Gasteiger partial charge on any atom is -0.406 e. The fourth-order valence-electron chi connectivity index (χ4n) is 5.09. The molecule has 3 aromatic carbocycles. The normalized spacial score (nSPS) is 17.0. The van der Waals surface area contributed by atoms with Crippen molar-refractivity contribution in [1.29, 1.82) is 5.26 Å². The van der Waals surface area contributed by atoms with Crippen molar-refractivity contribution in [3.63, 3.8) is 0 Å². The summed E-state index contributed by atoms with van der Waals surface area (Å²) in [6, 6.07) is 21.9. The van der Waals surface area contributed by atoms with Crippen LogP contribution in [0.1, 0.15) is 36.0 Å². The zero-order valence-corrected chi connectivity index (χ0v) is 25.4. The molecule has 1 aromatic heterocycles. The van der Waals surface area contributed by atoms with Crippen LogP contribution in [0.3, 0.4) is 0 Å². The molecular formula is C32H32F3N7OS. The van der Waals surface area contributed by atoms with E-state index in [1.807, 2.05) is 24.3 Å². The maximum absolute atomic E-state index is 12.4. The van der Waals surface area contributed by atoms with Gasteiger partial charge >= 0.3 is 6.36 Å². The number of alkyl halides is 3. The molecule has 1 saturated heterocycles. The molecule has 1 N–H and O–H groups in total. The number of aromatic nitrogens is 3. The van der Waals surface area contributed by atoms with E-state index in [2.05, 4.69) is 70.1 Å². The summed E-state index contributed by atoms with van der Waals surface area (Å²) in [5.74, 6) is 0.778. The Morgan fingerprint density at radius 2 is 1.80 bits per heavy atom. The molecule has 4 aromatic rings. The number of rotatable bonds is 9. The number of benzene rings is 3. The number of ether oxygens (including phenoxy) is 1. The Kier molecular flexibility index (Phi) is 9.56. The highest BCUT2D eigenvalue weighted by molar-refractivity contribution is 8.14. The molecule has 2 unspecified atom stereocenters. The molecule has 2 atom stereocenters. The summed E-state index contributed by atoms with van der Waals surface area (Å²) in [5.41, 5.74) is 5.80. The number of halogens is 3. The highest BCUT2D eigenvalue weighted by Gasteiger charge is 2.31. The van der Waals surface area contributed by atoms with Crippen LogP contribution in [-0.2, 0) is 0 Å². The highest BCUT2D eigenvalue weighted by atomic mass is 32.2. The molecule has 0 aliphatic carbocycles. The number of nitrogens with one attached hydrogen (secondary N) is 1. The molecule has 1 aliphatic rings. The molecule has 0 bridgehead atoms. The summed E-state index contributed by atoms with van der Waals surface area (Å²) in [6.07, 6.45) is -2.18. The third-order valence-electron chi connectivity index (χ3n) is 7.32. The molecule has 0 spiro atoms. The number of amidine groups is 1. The maximum Gasteiger partial charge on any atom is 0.573 e. The predicted octanol–water partition coefficient (Wildman–Crippen LogP) is 6.99. The summed E-state index contributed by atoms with van der Waals surface area (Å²) < 4.78 is 42.7. The van der Waals surface area contributed by atoms with Crippen molar-refractivity contribution in [2.75, 3.05) is 23.9 Å². The van der Waals surface area contributed by atoms with Gasteiger partial charge in [-0.15, -0.1) is 18.3 Å². The Labute approximate surface area is 258 Å². The van der Waals surface area contributed by atoms with E-state index in [4.69, 9.17) is 4.99 Å². The van der Waals surface area contributed by atoms with Gasteiger partial charge in [0.15, 0.2) is 11.0 Å². The first-order valence-corrected chi connectivity index (χ1v) is 15.1. The average Bonchev–Trinajstić information content (AvgIpc) is 3.48.